The molecule has 1 aliphatic carbocycles. The molecule has 1 rings (SSSR count). The lowest BCUT2D eigenvalue weighted by atomic mass is 9.86. The van der Waals surface area contributed by atoms with E-state index in [1.165, 1.54) is 4.90 Å². The number of rotatable bonds is 7. The maximum absolute atomic E-state index is 12.7. The number of nitrogens with two attached hydrogens (primary N) is 1. The molecule has 0 spiro atoms. The maximum Gasteiger partial charge on any atom is 0.417 e. The molecular weight excluding hydrogens is 308 g/mol. The summed E-state index contributed by atoms with van der Waals surface area (Å²) in [5, 5.41) is 0. The monoisotopic (exact) mass is 342 g/mol. The molecule has 0 radical (unpaired) electrons. The quantitative estimate of drug-likeness (QED) is 0.719. The minimum absolute atomic E-state index is 0.143. The van der Waals surface area contributed by atoms with Crippen LogP contribution in [0.3, 0.4) is 0 Å². The molecule has 0 unspecified atom stereocenters. The molecule has 2 amide bonds. The highest BCUT2D eigenvalue weighted by atomic mass is 16.6. The lowest BCUT2D eigenvalue weighted by molar-refractivity contribution is -0.136. The van der Waals surface area contributed by atoms with Gasteiger partial charge in [0.25, 0.3) is 0 Å². The molecule has 0 aromatic carbocycles. The van der Waals surface area contributed by atoms with Gasteiger partial charge in [0, 0.05) is 25.6 Å². The molecule has 24 heavy (non-hydrogen) atoms. The second kappa shape index (κ2) is 9.99. The first kappa shape index (κ1) is 20.9. The van der Waals surface area contributed by atoms with Gasteiger partial charge in [-0.15, -0.1) is 0 Å². The Morgan fingerprint density at radius 1 is 1.17 bits per heavy atom. The molecule has 0 bridgehead atoms. The van der Waals surface area contributed by atoms with Gasteiger partial charge in [-0.1, -0.05) is 13.3 Å². The van der Waals surface area contributed by atoms with Crippen LogP contribution in [0.1, 0.15) is 66.2 Å². The van der Waals surface area contributed by atoms with Crippen LogP contribution in [0.15, 0.2) is 0 Å². The summed E-state index contributed by atoms with van der Waals surface area (Å²) in [6.45, 7) is 8.72. The fraction of sp³-hybridized carbons (Fsp3) is 0.889. The lowest BCUT2D eigenvalue weighted by Gasteiger charge is -2.32. The summed E-state index contributed by atoms with van der Waals surface area (Å²) in [6.07, 6.45) is 5.07. The van der Waals surface area contributed by atoms with Gasteiger partial charge in [-0.3, -0.25) is 4.79 Å². The number of ether oxygens (including phenoxy) is 2. The standard InChI is InChI=1S/C18H34N2O4/c1-5-6-13-23-15-9-7-14(8-10-15)16(21)20(12-11-19)17(22)24-18(2,3)4/h14-15H,5-13,19H2,1-4H3. The third kappa shape index (κ3) is 7.18. The molecule has 0 aromatic rings. The van der Waals surface area contributed by atoms with E-state index < -0.39 is 11.7 Å². The van der Waals surface area contributed by atoms with Crippen LogP contribution in [-0.2, 0) is 14.3 Å². The minimum atomic E-state index is -0.630. The Bertz CT molecular complexity index is 398. The van der Waals surface area contributed by atoms with Crippen molar-refractivity contribution >= 4 is 12.0 Å². The Balaban J connectivity index is 2.55. The zero-order chi connectivity index (χ0) is 18.2. The molecule has 1 fully saturated rings. The van der Waals surface area contributed by atoms with Gasteiger partial charge in [-0.05, 0) is 52.9 Å². The molecule has 6 heteroatoms. The molecule has 6 nitrogen and oxygen atoms in total. The number of hydrogen-bond acceptors (Lipinski definition) is 5. The molecule has 0 aromatic heterocycles. The number of carbonyl (C=O) groups is 2. The Labute approximate surface area is 146 Å². The van der Waals surface area contributed by atoms with E-state index in [1.54, 1.807) is 20.8 Å². The first-order valence-electron chi connectivity index (χ1n) is 9.14. The molecule has 1 aliphatic rings. The van der Waals surface area contributed by atoms with Crippen LogP contribution in [0.2, 0.25) is 0 Å². The van der Waals surface area contributed by atoms with E-state index in [0.717, 1.165) is 45.1 Å². The predicted octanol–water partition coefficient (Wildman–Crippen LogP) is 3.08. The summed E-state index contributed by atoms with van der Waals surface area (Å²) in [7, 11) is 0. The van der Waals surface area contributed by atoms with E-state index in [-0.39, 0.29) is 31.0 Å². The van der Waals surface area contributed by atoms with E-state index >= 15 is 0 Å². The van der Waals surface area contributed by atoms with Crippen molar-refractivity contribution in [1.29, 1.82) is 0 Å². The topological polar surface area (TPSA) is 81.9 Å². The number of hydrogen-bond donors (Lipinski definition) is 1. The lowest BCUT2D eigenvalue weighted by Crippen LogP contribution is -2.46. The summed E-state index contributed by atoms with van der Waals surface area (Å²) < 4.78 is 11.2. The van der Waals surface area contributed by atoms with Crippen molar-refractivity contribution in [3.63, 3.8) is 0 Å². The largest absolute Gasteiger partial charge is 0.443 e. The fourth-order valence-electron chi connectivity index (χ4n) is 2.83. The van der Waals surface area contributed by atoms with E-state index in [0.29, 0.717) is 0 Å². The van der Waals surface area contributed by atoms with Crippen LogP contribution in [0.25, 0.3) is 0 Å². The Hall–Kier alpha value is -1.14. The van der Waals surface area contributed by atoms with Gasteiger partial charge in [0.1, 0.15) is 5.60 Å². The average Bonchev–Trinajstić information content (AvgIpc) is 2.51. The van der Waals surface area contributed by atoms with Crippen molar-refractivity contribution in [2.45, 2.75) is 77.9 Å². The Morgan fingerprint density at radius 2 is 1.79 bits per heavy atom. The summed E-state index contributed by atoms with van der Waals surface area (Å²) in [6, 6.07) is 0. The molecule has 0 heterocycles. The Morgan fingerprint density at radius 3 is 2.29 bits per heavy atom. The second-order valence-electron chi connectivity index (χ2n) is 7.46. The summed E-state index contributed by atoms with van der Waals surface area (Å²) in [4.78, 5) is 26.2. The molecule has 0 aliphatic heterocycles. The van der Waals surface area contributed by atoms with Gasteiger partial charge < -0.3 is 15.2 Å². The van der Waals surface area contributed by atoms with E-state index in [4.69, 9.17) is 15.2 Å². The number of nitrogens with zero attached hydrogens (tertiary/aromatic N) is 1. The number of unbranched alkanes of at least 4 members (excludes halogenated alkanes) is 1. The van der Waals surface area contributed by atoms with Crippen LogP contribution in [0.5, 0.6) is 0 Å². The zero-order valence-corrected chi connectivity index (χ0v) is 15.7. The highest BCUT2D eigenvalue weighted by Gasteiger charge is 2.34. The smallest absolute Gasteiger partial charge is 0.417 e. The third-order valence-corrected chi connectivity index (χ3v) is 4.11. The van der Waals surface area contributed by atoms with Crippen LogP contribution >= 0.6 is 0 Å². The maximum atomic E-state index is 12.7. The van der Waals surface area contributed by atoms with Crippen LogP contribution in [0, 0.1) is 5.92 Å². The van der Waals surface area contributed by atoms with Gasteiger partial charge >= 0.3 is 6.09 Å². The SMILES string of the molecule is CCCCOC1CCC(C(=O)N(CCN)C(=O)OC(C)(C)C)CC1. The van der Waals surface area contributed by atoms with Crippen molar-refractivity contribution in [2.24, 2.45) is 11.7 Å². The predicted molar refractivity (Wildman–Crippen MR) is 93.6 cm³/mol. The summed E-state index contributed by atoms with van der Waals surface area (Å²) in [5.74, 6) is -0.309. The first-order valence-corrected chi connectivity index (χ1v) is 9.14. The van der Waals surface area contributed by atoms with E-state index in [1.807, 2.05) is 0 Å². The summed E-state index contributed by atoms with van der Waals surface area (Å²) in [5.41, 5.74) is 4.94. The van der Waals surface area contributed by atoms with Crippen LogP contribution in [0.4, 0.5) is 4.79 Å². The normalized spacial score (nSPS) is 21.4. The summed E-state index contributed by atoms with van der Waals surface area (Å²) >= 11 is 0. The highest BCUT2D eigenvalue weighted by Crippen LogP contribution is 2.28. The number of amides is 2. The van der Waals surface area contributed by atoms with E-state index in [2.05, 4.69) is 6.92 Å². The fourth-order valence-corrected chi connectivity index (χ4v) is 2.83. The van der Waals surface area contributed by atoms with Gasteiger partial charge in [0.2, 0.25) is 5.91 Å². The molecular formula is C18H34N2O4. The third-order valence-electron chi connectivity index (χ3n) is 4.11. The van der Waals surface area contributed by atoms with Crippen molar-refractivity contribution in [3.8, 4) is 0 Å². The molecule has 0 atom stereocenters. The van der Waals surface area contributed by atoms with Gasteiger partial charge in [0.15, 0.2) is 0 Å². The molecule has 140 valence electrons. The number of imide groups is 1. The Kier molecular flexibility index (Phi) is 8.70. The van der Waals surface area contributed by atoms with Crippen molar-refractivity contribution in [1.82, 2.24) is 4.90 Å². The van der Waals surface area contributed by atoms with Crippen molar-refractivity contribution < 1.29 is 19.1 Å². The highest BCUT2D eigenvalue weighted by molar-refractivity contribution is 5.93. The van der Waals surface area contributed by atoms with Gasteiger partial charge in [0.05, 0.1) is 6.10 Å². The van der Waals surface area contributed by atoms with Crippen molar-refractivity contribution in [2.75, 3.05) is 19.7 Å². The van der Waals surface area contributed by atoms with Crippen molar-refractivity contribution in [3.05, 3.63) is 0 Å². The van der Waals surface area contributed by atoms with Crippen LogP contribution in [-0.4, -0.2) is 48.3 Å². The average molecular weight is 342 g/mol. The number of carbonyl (C=O) groups excluding carboxylic acids is 2. The van der Waals surface area contributed by atoms with Gasteiger partial charge in [-0.2, -0.15) is 0 Å². The first-order chi connectivity index (χ1) is 11.3. The molecule has 0 saturated heterocycles. The molecule has 1 saturated carbocycles. The second-order valence-corrected chi connectivity index (χ2v) is 7.46. The van der Waals surface area contributed by atoms with Crippen LogP contribution < -0.4 is 5.73 Å². The minimum Gasteiger partial charge on any atom is -0.443 e. The zero-order valence-electron chi connectivity index (χ0n) is 15.7. The molecule has 2 N–H and O–H groups in total. The van der Waals surface area contributed by atoms with E-state index in [9.17, 15) is 9.59 Å². The van der Waals surface area contributed by atoms with Gasteiger partial charge in [-0.25, -0.2) is 9.69 Å².